The van der Waals surface area contributed by atoms with Crippen LogP contribution in [0, 0.1) is 0 Å². The van der Waals surface area contributed by atoms with Gasteiger partial charge in [0.05, 0.1) is 0 Å². The standard InChI is InChI=1S/C59H50N2O2Te/c1-4-60-52(64-58-50-33-21-17-29-46(50)45-28-16-20-32-49(45)57(58)60)35-13-7-12-34-51-59(38-36-40(2)3,54(41-22-8-5-9-23-41)42-24-10-6-11-25-42)55-47-30-18-14-26-43(47)44-27-15-19-31-48(44)56(55)61(51)39-37-53(62)63/h5-36,54H,4,37-39H2,1-3H3/p+1. The molecule has 0 aliphatic carbocycles. The van der Waals surface area contributed by atoms with Crippen LogP contribution < -0.4 is 8.51 Å². The summed E-state index contributed by atoms with van der Waals surface area (Å²) in [5.74, 6) is -0.923. The Morgan fingerprint density at radius 1 is 0.656 bits per heavy atom. The first kappa shape index (κ1) is 41.5. The Balaban J connectivity index is 1.20. The number of allylic oxidation sites excluding steroid dienone is 7. The van der Waals surface area contributed by atoms with Gasteiger partial charge in [0.2, 0.25) is 0 Å². The summed E-state index contributed by atoms with van der Waals surface area (Å²) in [6.45, 7) is 7.87. The number of carbonyl (C=O) groups is 1. The Labute approximate surface area is 386 Å². The number of anilines is 1. The van der Waals surface area contributed by atoms with Gasteiger partial charge in [-0.05, 0) is 0 Å². The van der Waals surface area contributed by atoms with Crippen molar-refractivity contribution in [3.63, 3.8) is 0 Å². The van der Waals surface area contributed by atoms with Gasteiger partial charge in [-0.1, -0.05) is 24.3 Å². The molecular weight excluding hydrogens is 896 g/mol. The van der Waals surface area contributed by atoms with Gasteiger partial charge in [-0.3, -0.25) is 0 Å². The summed E-state index contributed by atoms with van der Waals surface area (Å²) < 4.78 is 5.29. The van der Waals surface area contributed by atoms with Gasteiger partial charge in [-0.2, -0.15) is 0 Å². The number of hydrogen-bond acceptors (Lipinski definition) is 2. The fourth-order valence-corrected chi connectivity index (χ4v) is 14.3. The summed E-state index contributed by atoms with van der Waals surface area (Å²) in [5.41, 5.74) is 7.87. The molecule has 2 aliphatic rings. The summed E-state index contributed by atoms with van der Waals surface area (Å²) >= 11 is -0.673. The van der Waals surface area contributed by atoms with Crippen LogP contribution in [0.3, 0.4) is 0 Å². The summed E-state index contributed by atoms with van der Waals surface area (Å²) in [5, 5.41) is 20.4. The molecule has 0 spiro atoms. The molecule has 314 valence electrons. The van der Waals surface area contributed by atoms with E-state index < -0.39 is 32.3 Å². The second kappa shape index (κ2) is 17.6. The molecule has 0 saturated heterocycles. The number of carboxylic acids is 1. The zero-order valence-corrected chi connectivity index (χ0v) is 38.9. The number of hydrogen-bond donors (Lipinski definition) is 1. The van der Waals surface area contributed by atoms with Gasteiger partial charge in [0.1, 0.15) is 0 Å². The third kappa shape index (κ3) is 7.09. The minimum absolute atomic E-state index is 0.00104. The van der Waals surface area contributed by atoms with Crippen LogP contribution in [0.4, 0.5) is 11.4 Å². The molecule has 5 heteroatoms. The average Bonchev–Trinajstić information content (AvgIpc) is 3.84. The summed E-state index contributed by atoms with van der Waals surface area (Å²) in [6, 6.07) is 57.2. The summed E-state index contributed by atoms with van der Waals surface area (Å²) in [7, 11) is 0. The van der Waals surface area contributed by atoms with E-state index in [1.54, 1.807) is 0 Å². The molecule has 0 bridgehead atoms. The van der Waals surface area contributed by atoms with Gasteiger partial charge < -0.3 is 0 Å². The molecule has 4 nitrogen and oxygen atoms in total. The Morgan fingerprint density at radius 2 is 1.17 bits per heavy atom. The molecule has 0 amide bonds. The number of aliphatic carboxylic acids is 1. The van der Waals surface area contributed by atoms with E-state index in [1.165, 1.54) is 73.0 Å². The van der Waals surface area contributed by atoms with Crippen LogP contribution in [0.15, 0.2) is 203 Å². The van der Waals surface area contributed by atoms with Crippen molar-refractivity contribution in [3.8, 4) is 0 Å². The second-order valence-electron chi connectivity index (χ2n) is 17.1. The quantitative estimate of drug-likeness (QED) is 0.0436. The molecule has 1 N–H and O–H groups in total. The van der Waals surface area contributed by atoms with Crippen LogP contribution in [0.2, 0.25) is 0 Å². The van der Waals surface area contributed by atoms with Crippen LogP contribution in [0.25, 0.3) is 43.1 Å². The second-order valence-corrected chi connectivity index (χ2v) is 20.0. The van der Waals surface area contributed by atoms with Gasteiger partial charge in [-0.25, -0.2) is 0 Å². The number of fused-ring (bicyclic) bond motifs is 12. The molecule has 8 aromatic carbocycles. The SMILES string of the molecule is CCN1\C(=C/C=C/C=C/C2=[N+](CCC(=O)O)c3c(c4ccccc4c4ccccc34)C2(CC=C(C)C)C(c2ccccc2)c2ccccc2)[Te]c2c1c1ccccc1c1ccccc21. The predicted molar refractivity (Wildman–Crippen MR) is 270 cm³/mol. The van der Waals surface area contributed by atoms with E-state index in [1.807, 2.05) is 0 Å². The van der Waals surface area contributed by atoms with E-state index in [0.29, 0.717) is 13.0 Å². The monoisotopic (exact) mass is 949 g/mol. The van der Waals surface area contributed by atoms with Crippen LogP contribution in [0.5, 0.6) is 0 Å². The Bertz CT molecular complexity index is 3230. The third-order valence-electron chi connectivity index (χ3n) is 13.1. The Hall–Kier alpha value is -6.51. The molecule has 2 heterocycles. The van der Waals surface area contributed by atoms with E-state index in [-0.39, 0.29) is 12.3 Å². The Kier molecular flexibility index (Phi) is 11.4. The average molecular weight is 948 g/mol. The summed E-state index contributed by atoms with van der Waals surface area (Å²) in [6.07, 6.45) is 14.4. The fourth-order valence-electron chi connectivity index (χ4n) is 10.6. The zero-order chi connectivity index (χ0) is 43.8. The van der Waals surface area contributed by atoms with Crippen molar-refractivity contribution in [2.45, 2.75) is 44.9 Å². The fraction of sp³-hybridized carbons (Fsp3) is 0.153. The first-order valence-electron chi connectivity index (χ1n) is 22.4. The molecule has 10 rings (SSSR count). The van der Waals surface area contributed by atoms with E-state index >= 15 is 0 Å². The van der Waals surface area contributed by atoms with Crippen molar-refractivity contribution in [3.05, 3.63) is 220 Å². The van der Waals surface area contributed by atoms with Gasteiger partial charge in [0.15, 0.2) is 0 Å². The van der Waals surface area contributed by atoms with E-state index in [4.69, 9.17) is 0 Å². The van der Waals surface area contributed by atoms with E-state index in [2.05, 4.69) is 224 Å². The van der Waals surface area contributed by atoms with Crippen LogP contribution in [0.1, 0.15) is 56.2 Å². The van der Waals surface area contributed by atoms with Crippen molar-refractivity contribution in [2.75, 3.05) is 18.0 Å². The summed E-state index contributed by atoms with van der Waals surface area (Å²) in [4.78, 5) is 15.2. The predicted octanol–water partition coefficient (Wildman–Crippen LogP) is 13.1. The maximum atomic E-state index is 12.6. The van der Waals surface area contributed by atoms with E-state index in [0.717, 1.165) is 23.3 Å². The first-order chi connectivity index (χ1) is 31.4. The molecular formula is C59H51N2O2Te+. The molecule has 0 radical (unpaired) electrons. The molecule has 8 aromatic rings. The van der Waals surface area contributed by atoms with Gasteiger partial charge in [-0.15, -0.1) is 0 Å². The van der Waals surface area contributed by atoms with Crippen LogP contribution >= 0.6 is 0 Å². The maximum absolute atomic E-state index is 12.6. The number of benzene rings is 8. The van der Waals surface area contributed by atoms with Crippen molar-refractivity contribution in [2.24, 2.45) is 0 Å². The van der Waals surface area contributed by atoms with Crippen molar-refractivity contribution in [1.29, 1.82) is 0 Å². The van der Waals surface area contributed by atoms with Crippen LogP contribution in [-0.2, 0) is 10.2 Å². The first-order valence-corrected chi connectivity index (χ1v) is 24.7. The van der Waals surface area contributed by atoms with E-state index in [9.17, 15) is 9.90 Å². The van der Waals surface area contributed by atoms with Gasteiger partial charge >= 0.3 is 364 Å². The number of carboxylic acid groups (broad SMARTS) is 1. The molecule has 0 fully saturated rings. The molecule has 0 saturated carbocycles. The zero-order valence-electron chi connectivity index (χ0n) is 36.5. The van der Waals surface area contributed by atoms with Crippen LogP contribution in [-0.4, -0.2) is 55.4 Å². The van der Waals surface area contributed by atoms with Crippen molar-refractivity contribution < 1.29 is 14.5 Å². The number of rotatable bonds is 12. The Morgan fingerprint density at radius 3 is 1.77 bits per heavy atom. The molecule has 0 aromatic heterocycles. The topological polar surface area (TPSA) is 43.5 Å². The number of nitrogens with zero attached hydrogens (tertiary/aromatic N) is 2. The van der Waals surface area contributed by atoms with Gasteiger partial charge in [0.25, 0.3) is 0 Å². The molecule has 64 heavy (non-hydrogen) atoms. The van der Waals surface area contributed by atoms with Crippen molar-refractivity contribution in [1.82, 2.24) is 0 Å². The van der Waals surface area contributed by atoms with Gasteiger partial charge in [0, 0.05) is 0 Å². The van der Waals surface area contributed by atoms with Crippen molar-refractivity contribution >= 4 is 90.7 Å². The molecule has 2 aliphatic heterocycles. The molecule has 1 unspecified atom stereocenters. The third-order valence-corrected chi connectivity index (χ3v) is 16.5. The molecule has 1 atom stereocenters. The normalized spacial score (nSPS) is 16.7. The minimum atomic E-state index is -0.812.